The summed E-state index contributed by atoms with van der Waals surface area (Å²) >= 11 is 0. The van der Waals surface area contributed by atoms with Crippen LogP contribution in [0.15, 0.2) is 0 Å². The molecule has 0 N–H and O–H groups in total. The molecule has 0 aliphatic carbocycles. The van der Waals surface area contributed by atoms with Crippen molar-refractivity contribution in [2.45, 2.75) is 149 Å². The van der Waals surface area contributed by atoms with Gasteiger partial charge in [-0.2, -0.15) is 0 Å². The van der Waals surface area contributed by atoms with Gasteiger partial charge >= 0.3 is 5.97 Å². The molecule has 1 heterocycles. The summed E-state index contributed by atoms with van der Waals surface area (Å²) in [4.78, 5) is 14.6. The zero-order chi connectivity index (χ0) is 27.5. The Labute approximate surface area is 219 Å². The van der Waals surface area contributed by atoms with Crippen LogP contribution in [0.2, 0.25) is 36.3 Å². The van der Waals surface area contributed by atoms with Crippen molar-refractivity contribution < 1.29 is 23.1 Å². The molecule has 1 fully saturated rings. The molecule has 208 valence electrons. The van der Waals surface area contributed by atoms with E-state index in [1.807, 2.05) is 0 Å². The van der Waals surface area contributed by atoms with Gasteiger partial charge in [0, 0.05) is 33.0 Å². The summed E-state index contributed by atoms with van der Waals surface area (Å²) < 4.78 is 24.3. The second-order valence-electron chi connectivity index (χ2n) is 14.0. The van der Waals surface area contributed by atoms with Gasteiger partial charge in [-0.15, -0.1) is 0 Å². The average molecular weight is 532 g/mol. The molecule has 35 heavy (non-hydrogen) atoms. The Morgan fingerprint density at radius 2 is 1.51 bits per heavy atom. The van der Waals surface area contributed by atoms with Gasteiger partial charge in [-0.25, -0.2) is 4.79 Å². The van der Waals surface area contributed by atoms with Crippen molar-refractivity contribution in [3.05, 3.63) is 0 Å². The van der Waals surface area contributed by atoms with Crippen molar-refractivity contribution in [2.24, 2.45) is 0 Å². The van der Waals surface area contributed by atoms with E-state index in [-0.39, 0.29) is 22.1 Å². The molecule has 3 atom stereocenters. The Balaban J connectivity index is 2.77. The van der Waals surface area contributed by atoms with Crippen LogP contribution in [-0.4, -0.2) is 71.2 Å². The topological polar surface area (TPSA) is 57.2 Å². The zero-order valence-electron chi connectivity index (χ0n) is 25.5. The molecule has 3 unspecified atom stereocenters. The summed E-state index contributed by atoms with van der Waals surface area (Å²) in [6.45, 7) is 33.6. The lowest BCUT2D eigenvalue weighted by Gasteiger charge is -2.41. The van der Waals surface area contributed by atoms with Gasteiger partial charge in [0.1, 0.15) is 0 Å². The summed E-state index contributed by atoms with van der Waals surface area (Å²) in [5, 5.41) is 0.382. The van der Waals surface area contributed by atoms with Crippen LogP contribution in [0, 0.1) is 0 Å². The number of unbranched alkanes of at least 4 members (excludes halogenated alkanes) is 1. The number of carbonyl (C=O) groups excluding carboxylic acids is 1. The largest absolute Gasteiger partial charge is 0.432 e. The monoisotopic (exact) mass is 531 g/mol. The number of rotatable bonds is 13. The van der Waals surface area contributed by atoms with E-state index in [2.05, 4.69) is 86.5 Å². The minimum absolute atomic E-state index is 0.153. The molecule has 0 spiro atoms. The number of cyclic esters (lactones) is 1. The van der Waals surface area contributed by atoms with Crippen molar-refractivity contribution in [3.8, 4) is 0 Å². The fourth-order valence-electron chi connectivity index (χ4n) is 3.73. The first kappa shape index (κ1) is 32.8. The molecule has 1 aliphatic rings. The van der Waals surface area contributed by atoms with E-state index in [0.29, 0.717) is 12.5 Å². The Morgan fingerprint density at radius 3 is 1.97 bits per heavy atom. The fourth-order valence-corrected chi connectivity index (χ4v) is 6.26. The van der Waals surface area contributed by atoms with Crippen LogP contribution < -0.4 is 0 Å². The van der Waals surface area contributed by atoms with Crippen LogP contribution in [-0.2, 0) is 23.1 Å². The first-order valence-electron chi connectivity index (χ1n) is 13.5. The summed E-state index contributed by atoms with van der Waals surface area (Å²) in [5.41, 5.74) is 0. The van der Waals surface area contributed by atoms with E-state index < -0.39 is 28.5 Å². The van der Waals surface area contributed by atoms with Crippen molar-refractivity contribution >= 4 is 22.6 Å². The van der Waals surface area contributed by atoms with Crippen molar-refractivity contribution in [1.82, 2.24) is 4.90 Å². The first-order chi connectivity index (χ1) is 15.6. The molecule has 0 aromatic rings. The van der Waals surface area contributed by atoms with E-state index in [0.717, 1.165) is 32.5 Å². The summed E-state index contributed by atoms with van der Waals surface area (Å²) in [5.74, 6) is -1.04. The van der Waals surface area contributed by atoms with Gasteiger partial charge in [0.05, 0.1) is 6.10 Å². The number of hydrogen-bond acceptors (Lipinski definition) is 6. The third kappa shape index (κ3) is 10.2. The van der Waals surface area contributed by atoms with Crippen LogP contribution in [0.4, 0.5) is 0 Å². The second-order valence-corrected chi connectivity index (χ2v) is 23.6. The second kappa shape index (κ2) is 12.1. The van der Waals surface area contributed by atoms with Gasteiger partial charge < -0.3 is 18.3 Å². The molecule has 0 aromatic carbocycles. The minimum atomic E-state index is -1.84. The number of hydrogen-bond donors (Lipinski definition) is 0. The molecule has 8 heteroatoms. The highest BCUT2D eigenvalue weighted by molar-refractivity contribution is 6.74. The molecule has 1 saturated heterocycles. The molecule has 0 radical (unpaired) electrons. The Morgan fingerprint density at radius 1 is 0.971 bits per heavy atom. The quantitative estimate of drug-likeness (QED) is 0.145. The van der Waals surface area contributed by atoms with Gasteiger partial charge in [-0.05, 0) is 75.9 Å². The minimum Gasteiger partial charge on any atom is -0.432 e. The maximum atomic E-state index is 12.1. The Kier molecular flexibility index (Phi) is 11.3. The van der Waals surface area contributed by atoms with Crippen LogP contribution >= 0.6 is 0 Å². The first-order valence-corrected chi connectivity index (χ1v) is 19.4. The predicted octanol–water partition coefficient (Wildman–Crippen LogP) is 6.96. The Bertz CT molecular complexity index is 682. The van der Waals surface area contributed by atoms with Gasteiger partial charge in [0.15, 0.2) is 22.7 Å². The van der Waals surface area contributed by atoms with E-state index in [9.17, 15) is 4.79 Å². The number of ether oxygens (including phenoxy) is 2. The molecule has 0 aromatic heterocycles. The van der Waals surface area contributed by atoms with Crippen molar-refractivity contribution in [1.29, 1.82) is 0 Å². The molecule has 0 bridgehead atoms. The highest BCUT2D eigenvalue weighted by Crippen LogP contribution is 2.38. The molecule has 1 rings (SSSR count). The van der Waals surface area contributed by atoms with E-state index >= 15 is 0 Å². The van der Waals surface area contributed by atoms with E-state index in [1.165, 1.54) is 0 Å². The third-order valence-corrected chi connectivity index (χ3v) is 17.2. The smallest absolute Gasteiger partial charge is 0.337 e. The van der Waals surface area contributed by atoms with Gasteiger partial charge in [-0.1, -0.05) is 41.5 Å². The summed E-state index contributed by atoms with van der Waals surface area (Å²) in [7, 11) is -3.65. The maximum absolute atomic E-state index is 12.1. The molecular weight excluding hydrogens is 474 g/mol. The zero-order valence-corrected chi connectivity index (χ0v) is 27.5. The summed E-state index contributed by atoms with van der Waals surface area (Å²) in [6.07, 6.45) is 2.31. The average Bonchev–Trinajstić information content (AvgIpc) is 2.91. The summed E-state index contributed by atoms with van der Waals surface area (Å²) in [6, 6.07) is 0.293. The standard InChI is InChI=1S/C27H57NO5Si2/c1-21(20-30-34(11,12)25(3,4)5)28(19-22(2)33-35(13,14)26(6,7)8)18-16-15-17-23-24(29)32-27(9,10)31-23/h21-23H,15-20H2,1-14H3. The molecular formula is C27H57NO5Si2. The van der Waals surface area contributed by atoms with Crippen LogP contribution in [0.5, 0.6) is 0 Å². The predicted molar refractivity (Wildman–Crippen MR) is 151 cm³/mol. The molecule has 0 amide bonds. The lowest BCUT2D eigenvalue weighted by Crippen LogP contribution is -2.49. The molecule has 6 nitrogen and oxygen atoms in total. The number of carbonyl (C=O) groups is 1. The lowest BCUT2D eigenvalue weighted by atomic mass is 10.1. The maximum Gasteiger partial charge on any atom is 0.337 e. The SMILES string of the molecule is CC(CN(CCCCC1OC(C)(C)OC1=O)C(C)CO[Si](C)(C)C(C)(C)C)O[Si](C)(C)C(C)(C)C. The normalized spacial score (nSPS) is 21.3. The molecule has 1 aliphatic heterocycles. The third-order valence-electron chi connectivity index (χ3n) is 8.11. The number of esters is 1. The van der Waals surface area contributed by atoms with Crippen LogP contribution in [0.25, 0.3) is 0 Å². The van der Waals surface area contributed by atoms with Crippen molar-refractivity contribution in [2.75, 3.05) is 19.7 Å². The van der Waals surface area contributed by atoms with Crippen LogP contribution in [0.1, 0.15) is 88.5 Å². The van der Waals surface area contributed by atoms with Crippen molar-refractivity contribution in [3.63, 3.8) is 0 Å². The van der Waals surface area contributed by atoms with Crippen LogP contribution in [0.3, 0.4) is 0 Å². The number of nitrogens with zero attached hydrogens (tertiary/aromatic N) is 1. The highest BCUT2D eigenvalue weighted by Gasteiger charge is 2.41. The highest BCUT2D eigenvalue weighted by atomic mass is 28.4. The van der Waals surface area contributed by atoms with Gasteiger partial charge in [-0.3, -0.25) is 4.90 Å². The fraction of sp³-hybridized carbons (Fsp3) is 0.963. The van der Waals surface area contributed by atoms with Gasteiger partial charge in [0.2, 0.25) is 5.79 Å². The van der Waals surface area contributed by atoms with Gasteiger partial charge in [0.25, 0.3) is 0 Å². The Hall–Kier alpha value is -0.256. The molecule has 0 saturated carbocycles. The lowest BCUT2D eigenvalue weighted by molar-refractivity contribution is -0.160. The van der Waals surface area contributed by atoms with E-state index in [1.54, 1.807) is 13.8 Å². The van der Waals surface area contributed by atoms with E-state index in [4.69, 9.17) is 18.3 Å².